The molecular formula is C24H28N2O3. The van der Waals surface area contributed by atoms with Gasteiger partial charge in [-0.1, -0.05) is 23.8 Å². The third-order valence-electron chi connectivity index (χ3n) is 5.11. The van der Waals surface area contributed by atoms with E-state index in [1.165, 1.54) is 0 Å². The Morgan fingerprint density at radius 1 is 1.00 bits per heavy atom. The smallest absolute Gasteiger partial charge is 0.254 e. The minimum atomic E-state index is 0.0340. The Labute approximate surface area is 172 Å². The standard InChI is InChI=1S/C24H28N2O3/c1-18-7-10-20(11-8-18)24(27)26(17-21-6-5-14-25(21)2)15-13-19-9-12-22(28-3)23(16-19)29-4/h5-12,14,16H,13,15,17H2,1-4H3. The van der Waals surface area contributed by atoms with Crippen molar-refractivity contribution < 1.29 is 14.3 Å². The van der Waals surface area contributed by atoms with Crippen LogP contribution in [0.25, 0.3) is 0 Å². The fourth-order valence-corrected chi connectivity index (χ4v) is 3.29. The Bertz CT molecular complexity index is 961. The number of methoxy groups -OCH3 is 2. The fraction of sp³-hybridized carbons (Fsp3) is 0.292. The molecule has 29 heavy (non-hydrogen) atoms. The van der Waals surface area contributed by atoms with Gasteiger partial charge in [0.25, 0.3) is 5.91 Å². The highest BCUT2D eigenvalue weighted by Gasteiger charge is 2.17. The second-order valence-corrected chi connectivity index (χ2v) is 7.14. The molecule has 1 aromatic heterocycles. The van der Waals surface area contributed by atoms with E-state index in [2.05, 4.69) is 0 Å². The van der Waals surface area contributed by atoms with Gasteiger partial charge in [0.2, 0.25) is 0 Å². The molecule has 5 nitrogen and oxygen atoms in total. The number of hydrogen-bond acceptors (Lipinski definition) is 3. The number of amides is 1. The Hall–Kier alpha value is -3.21. The summed E-state index contributed by atoms with van der Waals surface area (Å²) in [5, 5.41) is 0. The number of hydrogen-bond donors (Lipinski definition) is 0. The van der Waals surface area contributed by atoms with Crippen LogP contribution >= 0.6 is 0 Å². The van der Waals surface area contributed by atoms with Crippen LogP contribution in [0.2, 0.25) is 0 Å². The predicted molar refractivity (Wildman–Crippen MR) is 115 cm³/mol. The molecule has 0 bridgehead atoms. The van der Waals surface area contributed by atoms with E-state index in [0.717, 1.165) is 23.2 Å². The Balaban J connectivity index is 1.80. The number of carbonyl (C=O) groups is 1. The third-order valence-corrected chi connectivity index (χ3v) is 5.11. The lowest BCUT2D eigenvalue weighted by Gasteiger charge is -2.23. The van der Waals surface area contributed by atoms with Crippen LogP contribution in [0.5, 0.6) is 11.5 Å². The summed E-state index contributed by atoms with van der Waals surface area (Å²) in [6.07, 6.45) is 2.72. The molecule has 0 atom stereocenters. The van der Waals surface area contributed by atoms with E-state index in [9.17, 15) is 4.79 Å². The zero-order valence-electron chi connectivity index (χ0n) is 17.5. The molecule has 0 fully saturated rings. The molecule has 0 aliphatic rings. The van der Waals surface area contributed by atoms with Crippen LogP contribution < -0.4 is 9.47 Å². The van der Waals surface area contributed by atoms with E-state index in [-0.39, 0.29) is 5.91 Å². The molecule has 0 unspecified atom stereocenters. The maximum atomic E-state index is 13.2. The summed E-state index contributed by atoms with van der Waals surface area (Å²) in [5.74, 6) is 1.43. The van der Waals surface area contributed by atoms with Gasteiger partial charge < -0.3 is 18.9 Å². The van der Waals surface area contributed by atoms with Gasteiger partial charge in [0.15, 0.2) is 11.5 Å². The van der Waals surface area contributed by atoms with E-state index < -0.39 is 0 Å². The highest BCUT2D eigenvalue weighted by atomic mass is 16.5. The van der Waals surface area contributed by atoms with Gasteiger partial charge in [-0.15, -0.1) is 0 Å². The molecule has 3 aromatic rings. The number of carbonyl (C=O) groups excluding carboxylic acids is 1. The van der Waals surface area contributed by atoms with Crippen molar-refractivity contribution in [2.24, 2.45) is 7.05 Å². The molecule has 0 saturated carbocycles. The summed E-state index contributed by atoms with van der Waals surface area (Å²) in [6, 6.07) is 17.7. The average molecular weight is 392 g/mol. The second kappa shape index (κ2) is 9.32. The first-order chi connectivity index (χ1) is 14.0. The number of rotatable bonds is 8. The molecule has 3 rings (SSSR count). The zero-order chi connectivity index (χ0) is 20.8. The topological polar surface area (TPSA) is 43.7 Å². The Morgan fingerprint density at radius 2 is 1.72 bits per heavy atom. The summed E-state index contributed by atoms with van der Waals surface area (Å²) in [7, 11) is 5.25. The average Bonchev–Trinajstić information content (AvgIpc) is 3.15. The molecular weight excluding hydrogens is 364 g/mol. The normalized spacial score (nSPS) is 10.6. The Kier molecular flexibility index (Phi) is 6.60. The lowest BCUT2D eigenvalue weighted by Crippen LogP contribution is -2.33. The van der Waals surface area contributed by atoms with E-state index in [0.29, 0.717) is 30.2 Å². The maximum Gasteiger partial charge on any atom is 0.254 e. The van der Waals surface area contributed by atoms with Gasteiger partial charge in [0, 0.05) is 31.0 Å². The molecule has 0 spiro atoms. The first-order valence-electron chi connectivity index (χ1n) is 9.69. The fourth-order valence-electron chi connectivity index (χ4n) is 3.29. The molecule has 0 N–H and O–H groups in total. The van der Waals surface area contributed by atoms with Gasteiger partial charge >= 0.3 is 0 Å². The summed E-state index contributed by atoms with van der Waals surface area (Å²) < 4.78 is 12.8. The third kappa shape index (κ3) is 4.99. The summed E-state index contributed by atoms with van der Waals surface area (Å²) in [4.78, 5) is 15.1. The summed E-state index contributed by atoms with van der Waals surface area (Å²) in [5.41, 5.74) is 4.03. The monoisotopic (exact) mass is 392 g/mol. The van der Waals surface area contributed by atoms with Crippen LogP contribution in [0.1, 0.15) is 27.2 Å². The van der Waals surface area contributed by atoms with Gasteiger partial charge in [-0.25, -0.2) is 0 Å². The lowest BCUT2D eigenvalue weighted by atomic mass is 10.1. The van der Waals surface area contributed by atoms with Gasteiger partial charge in [-0.05, 0) is 55.3 Å². The van der Waals surface area contributed by atoms with Crippen molar-refractivity contribution >= 4 is 5.91 Å². The quantitative estimate of drug-likeness (QED) is 0.576. The van der Waals surface area contributed by atoms with Crippen molar-refractivity contribution in [3.05, 3.63) is 83.2 Å². The molecule has 5 heteroatoms. The van der Waals surface area contributed by atoms with Crippen LogP contribution in [0.15, 0.2) is 60.8 Å². The number of benzene rings is 2. The van der Waals surface area contributed by atoms with Crippen LogP contribution in [0.4, 0.5) is 0 Å². The number of ether oxygens (including phenoxy) is 2. The molecule has 0 aliphatic heterocycles. The van der Waals surface area contributed by atoms with Gasteiger partial charge in [-0.3, -0.25) is 4.79 Å². The van der Waals surface area contributed by atoms with Crippen LogP contribution in [0, 0.1) is 6.92 Å². The van der Waals surface area contributed by atoms with Crippen LogP contribution in [-0.4, -0.2) is 36.1 Å². The molecule has 0 saturated heterocycles. The number of nitrogens with zero attached hydrogens (tertiary/aromatic N) is 2. The Morgan fingerprint density at radius 3 is 2.34 bits per heavy atom. The van der Waals surface area contributed by atoms with Crippen LogP contribution in [0.3, 0.4) is 0 Å². The number of aromatic nitrogens is 1. The molecule has 1 heterocycles. The van der Waals surface area contributed by atoms with E-state index >= 15 is 0 Å². The highest BCUT2D eigenvalue weighted by Crippen LogP contribution is 2.28. The van der Waals surface area contributed by atoms with E-state index in [1.54, 1.807) is 14.2 Å². The molecule has 152 valence electrons. The van der Waals surface area contributed by atoms with E-state index in [1.807, 2.05) is 84.2 Å². The largest absolute Gasteiger partial charge is 0.493 e. The predicted octanol–water partition coefficient (Wildman–Crippen LogP) is 4.24. The first-order valence-corrected chi connectivity index (χ1v) is 9.69. The molecule has 1 amide bonds. The second-order valence-electron chi connectivity index (χ2n) is 7.14. The van der Waals surface area contributed by atoms with Crippen molar-refractivity contribution in [3.8, 4) is 11.5 Å². The molecule has 2 aromatic carbocycles. The molecule has 0 radical (unpaired) electrons. The van der Waals surface area contributed by atoms with Gasteiger partial charge in [0.05, 0.1) is 20.8 Å². The summed E-state index contributed by atoms with van der Waals surface area (Å²) >= 11 is 0. The van der Waals surface area contributed by atoms with Crippen molar-refractivity contribution in [3.63, 3.8) is 0 Å². The first kappa shape index (κ1) is 20.5. The van der Waals surface area contributed by atoms with Crippen molar-refractivity contribution in [1.82, 2.24) is 9.47 Å². The van der Waals surface area contributed by atoms with Crippen molar-refractivity contribution in [2.75, 3.05) is 20.8 Å². The highest BCUT2D eigenvalue weighted by molar-refractivity contribution is 5.94. The minimum Gasteiger partial charge on any atom is -0.493 e. The van der Waals surface area contributed by atoms with Crippen molar-refractivity contribution in [1.29, 1.82) is 0 Å². The molecule has 0 aliphatic carbocycles. The maximum absolute atomic E-state index is 13.2. The minimum absolute atomic E-state index is 0.0340. The van der Waals surface area contributed by atoms with Gasteiger partial charge in [0.1, 0.15) is 0 Å². The zero-order valence-corrected chi connectivity index (χ0v) is 17.5. The van der Waals surface area contributed by atoms with E-state index in [4.69, 9.17) is 9.47 Å². The summed E-state index contributed by atoms with van der Waals surface area (Å²) in [6.45, 7) is 3.18. The lowest BCUT2D eigenvalue weighted by molar-refractivity contribution is 0.0742. The number of aryl methyl sites for hydroxylation is 2. The SMILES string of the molecule is COc1ccc(CCN(Cc2cccn2C)C(=O)c2ccc(C)cc2)cc1OC. The van der Waals surface area contributed by atoms with Gasteiger partial charge in [-0.2, -0.15) is 0 Å². The van der Waals surface area contributed by atoms with Crippen LogP contribution in [-0.2, 0) is 20.0 Å². The van der Waals surface area contributed by atoms with Crippen molar-refractivity contribution in [2.45, 2.75) is 19.9 Å².